The summed E-state index contributed by atoms with van der Waals surface area (Å²) in [4.78, 5) is 24.5. The number of hydrogen-bond donors (Lipinski definition) is 1. The maximum Gasteiger partial charge on any atom is 0.316 e. The van der Waals surface area contributed by atoms with E-state index in [2.05, 4.69) is 5.32 Å². The van der Waals surface area contributed by atoms with E-state index in [4.69, 9.17) is 21.1 Å². The number of thiophene rings is 1. The third-order valence-corrected chi connectivity index (χ3v) is 5.49. The van der Waals surface area contributed by atoms with Crippen LogP contribution in [0, 0.1) is 0 Å². The van der Waals surface area contributed by atoms with E-state index < -0.39 is 5.97 Å². The van der Waals surface area contributed by atoms with E-state index in [1.807, 2.05) is 36.4 Å². The van der Waals surface area contributed by atoms with Gasteiger partial charge in [0.25, 0.3) is 5.91 Å². The molecule has 0 fully saturated rings. The molecule has 0 atom stereocenters. The largest absolute Gasteiger partial charge is 0.496 e. The van der Waals surface area contributed by atoms with Crippen molar-refractivity contribution in [2.45, 2.75) is 12.3 Å². The molecule has 0 unspecified atom stereocenters. The summed E-state index contributed by atoms with van der Waals surface area (Å²) in [6.07, 6.45) is 0. The second-order valence-electron chi connectivity index (χ2n) is 4.95. The number of carbonyl (C=O) groups is 2. The summed E-state index contributed by atoms with van der Waals surface area (Å²) in [5.41, 5.74) is 0.856. The molecule has 0 bridgehead atoms. The lowest BCUT2D eigenvalue weighted by Crippen LogP contribution is -2.28. The maximum absolute atomic E-state index is 11.8. The molecular weight excluding hydrogens is 382 g/mol. The van der Waals surface area contributed by atoms with Crippen molar-refractivity contribution in [3.8, 4) is 5.75 Å². The molecule has 1 heterocycles. The summed E-state index contributed by atoms with van der Waals surface area (Å²) in [6, 6.07) is 11.1. The van der Waals surface area contributed by atoms with Crippen molar-refractivity contribution in [3.63, 3.8) is 0 Å². The molecule has 1 N–H and O–H groups in total. The van der Waals surface area contributed by atoms with Gasteiger partial charge in [-0.25, -0.2) is 0 Å². The van der Waals surface area contributed by atoms with Crippen LogP contribution in [0.4, 0.5) is 0 Å². The predicted octanol–water partition coefficient (Wildman–Crippen LogP) is 3.50. The first-order valence-corrected chi connectivity index (χ1v) is 9.79. The number of amides is 1. The summed E-state index contributed by atoms with van der Waals surface area (Å²) in [5.74, 6) is 0.807. The van der Waals surface area contributed by atoms with Crippen LogP contribution in [0.3, 0.4) is 0 Å². The number of esters is 1. The van der Waals surface area contributed by atoms with Gasteiger partial charge < -0.3 is 14.8 Å². The lowest BCUT2D eigenvalue weighted by molar-refractivity contribution is -0.145. The molecule has 1 aromatic heterocycles. The second kappa shape index (κ2) is 10.3. The fraction of sp³-hybridized carbons (Fsp3) is 0.294. The molecule has 0 saturated carbocycles. The number of hydrogen-bond acceptors (Lipinski definition) is 6. The van der Waals surface area contributed by atoms with Crippen molar-refractivity contribution in [2.75, 3.05) is 19.5 Å². The summed E-state index contributed by atoms with van der Waals surface area (Å²) in [7, 11) is 1.57. The van der Waals surface area contributed by atoms with Gasteiger partial charge in [0.15, 0.2) is 6.61 Å². The molecule has 0 saturated heterocycles. The Morgan fingerprint density at radius 2 is 2.04 bits per heavy atom. The molecule has 5 nitrogen and oxygen atoms in total. The van der Waals surface area contributed by atoms with Crippen LogP contribution in [0.25, 0.3) is 0 Å². The highest BCUT2D eigenvalue weighted by atomic mass is 35.5. The second-order valence-corrected chi connectivity index (χ2v) is 7.73. The Morgan fingerprint density at radius 3 is 2.76 bits per heavy atom. The minimum atomic E-state index is -0.417. The van der Waals surface area contributed by atoms with Crippen LogP contribution in [0.2, 0.25) is 4.34 Å². The molecule has 25 heavy (non-hydrogen) atoms. The van der Waals surface area contributed by atoms with Crippen LogP contribution in [-0.4, -0.2) is 31.3 Å². The molecule has 0 spiro atoms. The molecule has 2 aromatic rings. The average molecular weight is 400 g/mol. The Balaban J connectivity index is 1.63. The van der Waals surface area contributed by atoms with E-state index >= 15 is 0 Å². The highest BCUT2D eigenvalue weighted by Crippen LogP contribution is 2.25. The van der Waals surface area contributed by atoms with Gasteiger partial charge in [0.1, 0.15) is 5.75 Å². The topological polar surface area (TPSA) is 64.6 Å². The number of nitrogens with one attached hydrogen (secondary N) is 1. The normalized spacial score (nSPS) is 10.3. The van der Waals surface area contributed by atoms with Crippen molar-refractivity contribution < 1.29 is 19.1 Å². The Morgan fingerprint density at radius 1 is 1.24 bits per heavy atom. The third-order valence-electron chi connectivity index (χ3n) is 3.13. The number of carbonyl (C=O) groups excluding carboxylic acids is 2. The van der Waals surface area contributed by atoms with Gasteiger partial charge in [-0.15, -0.1) is 23.1 Å². The molecule has 0 aliphatic heterocycles. The number of methoxy groups -OCH3 is 1. The van der Waals surface area contributed by atoms with Crippen molar-refractivity contribution >= 4 is 46.6 Å². The van der Waals surface area contributed by atoms with E-state index in [1.54, 1.807) is 7.11 Å². The van der Waals surface area contributed by atoms with Gasteiger partial charge >= 0.3 is 5.97 Å². The van der Waals surface area contributed by atoms with Gasteiger partial charge in [-0.2, -0.15) is 0 Å². The fourth-order valence-corrected chi connectivity index (χ4v) is 3.96. The minimum absolute atomic E-state index is 0.190. The molecule has 1 aromatic carbocycles. The third kappa shape index (κ3) is 6.97. The highest BCUT2D eigenvalue weighted by Gasteiger charge is 2.09. The molecule has 0 radical (unpaired) electrons. The Labute approximate surface area is 159 Å². The number of halogens is 1. The summed E-state index contributed by atoms with van der Waals surface area (Å²) in [6.45, 7) is 0.0215. The van der Waals surface area contributed by atoms with Crippen LogP contribution in [0.1, 0.15) is 10.4 Å². The quantitative estimate of drug-likeness (QED) is 0.654. The van der Waals surface area contributed by atoms with Gasteiger partial charge in [-0.05, 0) is 18.2 Å². The summed E-state index contributed by atoms with van der Waals surface area (Å²) >= 11 is 8.75. The molecule has 2 rings (SSSR count). The van der Waals surface area contributed by atoms with Crippen LogP contribution >= 0.6 is 34.7 Å². The van der Waals surface area contributed by atoms with Crippen LogP contribution in [-0.2, 0) is 26.6 Å². The number of benzene rings is 1. The Kier molecular flexibility index (Phi) is 8.11. The predicted molar refractivity (Wildman–Crippen MR) is 101 cm³/mol. The zero-order valence-electron chi connectivity index (χ0n) is 13.6. The summed E-state index contributed by atoms with van der Waals surface area (Å²) in [5, 5.41) is 2.70. The Hall–Kier alpha value is -1.70. The first-order valence-electron chi connectivity index (χ1n) is 7.44. The van der Waals surface area contributed by atoms with Crippen molar-refractivity contribution in [2.24, 2.45) is 0 Å². The Bertz CT molecular complexity index is 720. The highest BCUT2D eigenvalue weighted by molar-refractivity contribution is 7.99. The van der Waals surface area contributed by atoms with Gasteiger partial charge in [0.05, 0.1) is 17.2 Å². The lowest BCUT2D eigenvalue weighted by atomic mass is 10.2. The molecule has 1 amide bonds. The first kappa shape index (κ1) is 19.6. The lowest BCUT2D eigenvalue weighted by Gasteiger charge is -2.09. The van der Waals surface area contributed by atoms with E-state index in [1.165, 1.54) is 23.1 Å². The molecule has 8 heteroatoms. The molecular formula is C17H18ClNO4S2. The van der Waals surface area contributed by atoms with E-state index in [0.717, 1.165) is 14.8 Å². The number of para-hydroxylation sites is 1. The average Bonchev–Trinajstić information content (AvgIpc) is 3.03. The van der Waals surface area contributed by atoms with E-state index in [-0.39, 0.29) is 18.3 Å². The summed E-state index contributed by atoms with van der Waals surface area (Å²) < 4.78 is 10.9. The van der Waals surface area contributed by atoms with Gasteiger partial charge in [0.2, 0.25) is 0 Å². The SMILES string of the molecule is COc1ccccc1CNC(=O)COC(=O)CSCc1ccc(Cl)s1. The maximum atomic E-state index is 11.8. The number of rotatable bonds is 9. The van der Waals surface area contributed by atoms with Crippen LogP contribution in [0.5, 0.6) is 5.75 Å². The first-order chi connectivity index (χ1) is 12.1. The van der Waals surface area contributed by atoms with E-state index in [0.29, 0.717) is 18.0 Å². The van der Waals surface area contributed by atoms with Crippen LogP contribution in [0.15, 0.2) is 36.4 Å². The fourth-order valence-electron chi connectivity index (χ4n) is 1.95. The monoisotopic (exact) mass is 399 g/mol. The van der Waals surface area contributed by atoms with Gasteiger partial charge in [-0.1, -0.05) is 29.8 Å². The zero-order valence-corrected chi connectivity index (χ0v) is 16.0. The smallest absolute Gasteiger partial charge is 0.316 e. The molecule has 0 aliphatic carbocycles. The minimum Gasteiger partial charge on any atom is -0.496 e. The number of ether oxygens (including phenoxy) is 2. The van der Waals surface area contributed by atoms with E-state index in [9.17, 15) is 9.59 Å². The van der Waals surface area contributed by atoms with Crippen molar-refractivity contribution in [1.82, 2.24) is 5.32 Å². The van der Waals surface area contributed by atoms with Crippen LogP contribution < -0.4 is 10.1 Å². The zero-order chi connectivity index (χ0) is 18.1. The number of thioether (sulfide) groups is 1. The van der Waals surface area contributed by atoms with Gasteiger partial charge in [0, 0.05) is 22.7 Å². The van der Waals surface area contributed by atoms with Crippen molar-refractivity contribution in [3.05, 3.63) is 51.2 Å². The van der Waals surface area contributed by atoms with Gasteiger partial charge in [-0.3, -0.25) is 9.59 Å². The molecule has 0 aliphatic rings. The van der Waals surface area contributed by atoms with Crippen molar-refractivity contribution in [1.29, 1.82) is 0 Å². The molecule has 134 valence electrons. The standard InChI is InChI=1S/C17H18ClNO4S2/c1-22-14-5-3-2-4-12(14)8-19-16(20)9-23-17(21)11-24-10-13-6-7-15(18)25-13/h2-7H,8-11H2,1H3,(H,19,20).